The van der Waals surface area contributed by atoms with Gasteiger partial charge in [-0.25, -0.2) is 0 Å². The fraction of sp³-hybridized carbons (Fsp3) is 0.0526. The molecular formula is C19H18GeO. The van der Waals surface area contributed by atoms with Crippen molar-refractivity contribution in [2.45, 2.75) is 0 Å². The predicted octanol–water partition coefficient (Wildman–Crippen LogP) is 1.69. The van der Waals surface area contributed by atoms with Crippen molar-refractivity contribution < 1.29 is 5.11 Å². The zero-order valence-electron chi connectivity index (χ0n) is 11.8. The van der Waals surface area contributed by atoms with Gasteiger partial charge in [-0.1, -0.05) is 0 Å². The van der Waals surface area contributed by atoms with Gasteiger partial charge in [0.2, 0.25) is 0 Å². The maximum atomic E-state index is 10.4. The molecule has 0 aliphatic carbocycles. The van der Waals surface area contributed by atoms with Gasteiger partial charge in [-0.15, -0.1) is 0 Å². The minimum absolute atomic E-state index is 0.220. The Kier molecular flexibility index (Phi) is 4.23. The zero-order valence-corrected chi connectivity index (χ0v) is 13.9. The van der Waals surface area contributed by atoms with Crippen LogP contribution in [0.2, 0.25) is 0 Å². The summed E-state index contributed by atoms with van der Waals surface area (Å²) in [7, 11) is 0. The van der Waals surface area contributed by atoms with E-state index in [4.69, 9.17) is 0 Å². The molecule has 0 fully saturated rings. The van der Waals surface area contributed by atoms with Gasteiger partial charge in [-0.2, -0.15) is 0 Å². The Morgan fingerprint density at radius 1 is 0.524 bits per heavy atom. The SMILES string of the molecule is O[CH2][Ge]([c]1ccccc1)([c]1ccccc1)[c]1ccccc1. The van der Waals surface area contributed by atoms with Crippen molar-refractivity contribution in [2.75, 3.05) is 5.44 Å². The first-order valence-electron chi connectivity index (χ1n) is 7.15. The number of hydrogen-bond acceptors (Lipinski definition) is 1. The monoisotopic (exact) mass is 336 g/mol. The van der Waals surface area contributed by atoms with Crippen LogP contribution in [-0.2, 0) is 0 Å². The standard InChI is InChI=1S/C19H18GeO/c21-16-20(17-10-4-1-5-11-17,18-12-6-2-7-13-18)19-14-8-3-9-15-19/h1-15,21H,16H2. The summed E-state index contributed by atoms with van der Waals surface area (Å²) in [5.74, 6) is 0. The third-order valence-electron chi connectivity index (χ3n) is 4.04. The molecule has 0 radical (unpaired) electrons. The van der Waals surface area contributed by atoms with Crippen LogP contribution in [0.5, 0.6) is 0 Å². The van der Waals surface area contributed by atoms with Gasteiger partial charge in [0.15, 0.2) is 0 Å². The van der Waals surface area contributed by atoms with Crippen molar-refractivity contribution in [3.63, 3.8) is 0 Å². The fourth-order valence-corrected chi connectivity index (χ4v) is 11.0. The van der Waals surface area contributed by atoms with Gasteiger partial charge in [0.1, 0.15) is 0 Å². The molecule has 1 nitrogen and oxygen atoms in total. The molecule has 3 rings (SSSR count). The second kappa shape index (κ2) is 6.29. The van der Waals surface area contributed by atoms with Crippen molar-refractivity contribution >= 4 is 26.5 Å². The number of rotatable bonds is 4. The van der Waals surface area contributed by atoms with E-state index in [0.29, 0.717) is 0 Å². The molecule has 0 bridgehead atoms. The fourth-order valence-electron chi connectivity index (χ4n) is 2.94. The third-order valence-corrected chi connectivity index (χ3v) is 13.3. The molecule has 3 aromatic rings. The molecule has 0 aliphatic rings. The van der Waals surface area contributed by atoms with Crippen molar-refractivity contribution in [1.29, 1.82) is 0 Å². The van der Waals surface area contributed by atoms with Gasteiger partial charge < -0.3 is 0 Å². The summed E-state index contributed by atoms with van der Waals surface area (Å²) in [6, 6.07) is 31.5. The number of hydrogen-bond donors (Lipinski definition) is 1. The second-order valence-electron chi connectivity index (χ2n) is 5.16. The van der Waals surface area contributed by atoms with Crippen LogP contribution in [0, 0.1) is 0 Å². The molecule has 0 spiro atoms. The van der Waals surface area contributed by atoms with E-state index in [-0.39, 0.29) is 5.44 Å². The van der Waals surface area contributed by atoms with Gasteiger partial charge in [0, 0.05) is 0 Å². The summed E-state index contributed by atoms with van der Waals surface area (Å²) >= 11 is -2.98. The average molecular weight is 335 g/mol. The first-order chi connectivity index (χ1) is 10.4. The quantitative estimate of drug-likeness (QED) is 0.720. The van der Waals surface area contributed by atoms with E-state index in [2.05, 4.69) is 72.8 Å². The van der Waals surface area contributed by atoms with Crippen LogP contribution in [0.1, 0.15) is 0 Å². The maximum absolute atomic E-state index is 10.4. The van der Waals surface area contributed by atoms with E-state index in [9.17, 15) is 5.11 Å². The molecule has 104 valence electrons. The van der Waals surface area contributed by atoms with E-state index in [1.54, 1.807) is 0 Å². The van der Waals surface area contributed by atoms with Gasteiger partial charge in [0.25, 0.3) is 0 Å². The van der Waals surface area contributed by atoms with Crippen LogP contribution in [0.25, 0.3) is 0 Å². The Balaban J connectivity index is 2.29. The molecule has 21 heavy (non-hydrogen) atoms. The Hall–Kier alpha value is -1.84. The van der Waals surface area contributed by atoms with Crippen molar-refractivity contribution in [2.24, 2.45) is 0 Å². The van der Waals surface area contributed by atoms with Gasteiger partial charge in [-0.05, 0) is 0 Å². The molecule has 0 aliphatic heterocycles. The van der Waals surface area contributed by atoms with Gasteiger partial charge >= 0.3 is 128 Å². The van der Waals surface area contributed by atoms with Crippen LogP contribution < -0.4 is 13.2 Å². The molecular weight excluding hydrogens is 317 g/mol. The first-order valence-corrected chi connectivity index (χ1v) is 11.8. The van der Waals surface area contributed by atoms with E-state index in [1.165, 1.54) is 13.2 Å². The molecule has 0 atom stereocenters. The molecule has 0 saturated carbocycles. The zero-order chi connectivity index (χ0) is 14.5. The summed E-state index contributed by atoms with van der Waals surface area (Å²) in [5.41, 5.74) is 0.220. The Morgan fingerprint density at radius 3 is 1.05 bits per heavy atom. The average Bonchev–Trinajstić information content (AvgIpc) is 2.59. The van der Waals surface area contributed by atoms with Crippen LogP contribution in [0.4, 0.5) is 0 Å². The van der Waals surface area contributed by atoms with E-state index in [1.807, 2.05) is 18.2 Å². The van der Waals surface area contributed by atoms with E-state index >= 15 is 0 Å². The molecule has 2 heteroatoms. The molecule has 0 heterocycles. The van der Waals surface area contributed by atoms with Gasteiger partial charge in [-0.3, -0.25) is 0 Å². The number of aliphatic hydroxyl groups is 1. The summed E-state index contributed by atoms with van der Waals surface area (Å²) in [6.07, 6.45) is 0. The van der Waals surface area contributed by atoms with E-state index < -0.39 is 13.3 Å². The van der Waals surface area contributed by atoms with E-state index in [0.717, 1.165) is 0 Å². The van der Waals surface area contributed by atoms with Crippen molar-refractivity contribution in [3.05, 3.63) is 91.0 Å². The Labute approximate surface area is 128 Å². The topological polar surface area (TPSA) is 20.2 Å². The Morgan fingerprint density at radius 2 is 0.810 bits per heavy atom. The summed E-state index contributed by atoms with van der Waals surface area (Å²) in [6.45, 7) is 0. The van der Waals surface area contributed by atoms with Crippen LogP contribution in [0.3, 0.4) is 0 Å². The molecule has 0 saturated heterocycles. The Bertz CT molecular complexity index is 584. The van der Waals surface area contributed by atoms with Crippen LogP contribution >= 0.6 is 0 Å². The van der Waals surface area contributed by atoms with Crippen LogP contribution in [0.15, 0.2) is 91.0 Å². The molecule has 1 N–H and O–H groups in total. The second-order valence-corrected chi connectivity index (χ2v) is 13.3. The molecule has 3 aromatic carbocycles. The first kappa shape index (κ1) is 14.1. The summed E-state index contributed by atoms with van der Waals surface area (Å²) in [5, 5.41) is 10.4. The van der Waals surface area contributed by atoms with Gasteiger partial charge in [0.05, 0.1) is 0 Å². The van der Waals surface area contributed by atoms with Crippen molar-refractivity contribution in [1.82, 2.24) is 0 Å². The molecule has 0 amide bonds. The molecule has 0 unspecified atom stereocenters. The normalized spacial score (nSPS) is 11.3. The summed E-state index contributed by atoms with van der Waals surface area (Å²) < 4.78 is 3.87. The van der Waals surface area contributed by atoms with Crippen molar-refractivity contribution in [3.8, 4) is 0 Å². The minimum atomic E-state index is -2.98. The summed E-state index contributed by atoms with van der Waals surface area (Å²) in [4.78, 5) is 0. The van der Waals surface area contributed by atoms with Crippen LogP contribution in [-0.4, -0.2) is 23.8 Å². The number of aliphatic hydroxyl groups excluding tert-OH is 1. The molecule has 0 aromatic heterocycles. The number of benzene rings is 3. The third kappa shape index (κ3) is 2.55. The predicted molar refractivity (Wildman–Crippen MR) is 91.1 cm³/mol.